The first-order chi connectivity index (χ1) is 16.2. The van der Waals surface area contributed by atoms with Crippen LogP contribution >= 0.6 is 0 Å². The highest BCUT2D eigenvalue weighted by Gasteiger charge is 2.25. The highest BCUT2D eigenvalue weighted by Crippen LogP contribution is 2.11. The van der Waals surface area contributed by atoms with Gasteiger partial charge in [-0.2, -0.15) is 0 Å². The Balaban J connectivity index is 1.98. The number of halogens is 1. The fraction of sp³-hybridized carbons (Fsp3) is 0.174. The number of hydrogen-bond acceptors (Lipinski definition) is 8. The van der Waals surface area contributed by atoms with Gasteiger partial charge in [-0.25, -0.2) is 18.5 Å². The highest BCUT2D eigenvalue weighted by molar-refractivity contribution is 6.02. The van der Waals surface area contributed by atoms with E-state index in [1.54, 1.807) is 30.3 Å². The number of ketones is 1. The molecular formula is C23H20FN3O7. The van der Waals surface area contributed by atoms with Gasteiger partial charge in [0.2, 0.25) is 5.78 Å². The molecule has 0 atom stereocenters. The molecule has 10 nitrogen and oxygen atoms in total. The number of rotatable bonds is 8. The summed E-state index contributed by atoms with van der Waals surface area (Å²) in [7, 11) is 1.08. The van der Waals surface area contributed by atoms with Crippen molar-refractivity contribution in [1.29, 1.82) is 0 Å². The maximum atomic E-state index is 13.0. The van der Waals surface area contributed by atoms with Crippen LogP contribution in [0.3, 0.4) is 0 Å². The molecule has 2 N–H and O–H groups in total. The molecule has 0 bridgehead atoms. The largest absolute Gasteiger partial charge is 0.468 e. The molecule has 0 fully saturated rings. The molecule has 0 aliphatic heterocycles. The molecule has 3 rings (SSSR count). The average Bonchev–Trinajstić information content (AvgIpc) is 2.84. The summed E-state index contributed by atoms with van der Waals surface area (Å²) in [4.78, 5) is 62.6. The van der Waals surface area contributed by atoms with Gasteiger partial charge in [-0.1, -0.05) is 30.3 Å². The van der Waals surface area contributed by atoms with Crippen molar-refractivity contribution >= 4 is 23.5 Å². The summed E-state index contributed by atoms with van der Waals surface area (Å²) in [5, 5.41) is 0. The molecule has 0 saturated heterocycles. The Morgan fingerprint density at radius 3 is 2.24 bits per heavy atom. The number of Topliss-reactive ketones (excluding diaryl/α,β-unsaturated/α-hetero) is 1. The molecule has 0 aliphatic rings. The van der Waals surface area contributed by atoms with Gasteiger partial charge in [-0.05, 0) is 29.8 Å². The van der Waals surface area contributed by atoms with Crippen LogP contribution in [0.5, 0.6) is 0 Å². The molecule has 1 heterocycles. The van der Waals surface area contributed by atoms with Crippen molar-refractivity contribution in [3.63, 3.8) is 0 Å². The number of methoxy groups -OCH3 is 1. The second-order valence-corrected chi connectivity index (χ2v) is 7.09. The molecule has 0 spiro atoms. The molecule has 3 aromatic rings. The number of nitrogens with zero attached hydrogens (tertiary/aromatic N) is 2. The summed E-state index contributed by atoms with van der Waals surface area (Å²) < 4.78 is 24.0. The van der Waals surface area contributed by atoms with E-state index in [1.807, 2.05) is 0 Å². The number of carbonyl (C=O) groups excluding carboxylic acids is 3. The van der Waals surface area contributed by atoms with E-state index in [1.165, 1.54) is 12.1 Å². The van der Waals surface area contributed by atoms with Crippen molar-refractivity contribution < 1.29 is 28.2 Å². The minimum Gasteiger partial charge on any atom is -0.468 e. The van der Waals surface area contributed by atoms with Gasteiger partial charge in [0.05, 0.1) is 19.2 Å². The molecule has 11 heteroatoms. The van der Waals surface area contributed by atoms with Crippen LogP contribution in [-0.2, 0) is 27.4 Å². The van der Waals surface area contributed by atoms with Gasteiger partial charge < -0.3 is 15.2 Å². The molecular weight excluding hydrogens is 449 g/mol. The number of hydrogen-bond donors (Lipinski definition) is 1. The summed E-state index contributed by atoms with van der Waals surface area (Å²) in [5.41, 5.74) is 3.99. The highest BCUT2D eigenvalue weighted by atomic mass is 19.1. The lowest BCUT2D eigenvalue weighted by Gasteiger charge is -2.16. The standard InChI is InChI=1S/C23H20FN3O7/c1-33-18(29)12-27-21(30)19(17(28)13-34-22(31)15-7-9-16(24)10-8-15)20(25)26(23(27)32)11-14-5-3-2-4-6-14/h2-10H,11-13,25H2,1H3. The first kappa shape index (κ1) is 24.1. The van der Waals surface area contributed by atoms with E-state index in [0.717, 1.165) is 23.8 Å². The van der Waals surface area contributed by atoms with Gasteiger partial charge in [0, 0.05) is 0 Å². The molecule has 0 aliphatic carbocycles. The maximum Gasteiger partial charge on any atom is 0.338 e. The minimum atomic E-state index is -1.12. The van der Waals surface area contributed by atoms with Crippen molar-refractivity contribution in [2.75, 3.05) is 19.5 Å². The summed E-state index contributed by atoms with van der Waals surface area (Å²) in [6.07, 6.45) is 0. The molecule has 0 radical (unpaired) electrons. The van der Waals surface area contributed by atoms with Gasteiger partial charge in [-0.3, -0.25) is 19.0 Å². The number of nitrogens with two attached hydrogens (primary N) is 1. The van der Waals surface area contributed by atoms with Gasteiger partial charge in [0.1, 0.15) is 23.7 Å². The van der Waals surface area contributed by atoms with Crippen molar-refractivity contribution in [3.05, 3.63) is 97.9 Å². The summed E-state index contributed by atoms with van der Waals surface area (Å²) in [6.45, 7) is -1.72. The number of esters is 2. The van der Waals surface area contributed by atoms with Crippen molar-refractivity contribution in [3.8, 4) is 0 Å². The van der Waals surface area contributed by atoms with Crippen LogP contribution in [0.25, 0.3) is 0 Å². The minimum absolute atomic E-state index is 0.0145. The van der Waals surface area contributed by atoms with Crippen molar-refractivity contribution in [2.24, 2.45) is 0 Å². The number of aromatic nitrogens is 2. The fourth-order valence-electron chi connectivity index (χ4n) is 3.10. The van der Waals surface area contributed by atoms with Gasteiger partial charge >= 0.3 is 17.6 Å². The van der Waals surface area contributed by atoms with Crippen LogP contribution in [0.4, 0.5) is 10.2 Å². The zero-order valence-corrected chi connectivity index (χ0v) is 18.0. The van der Waals surface area contributed by atoms with E-state index in [-0.39, 0.29) is 12.1 Å². The Kier molecular flexibility index (Phi) is 7.36. The Morgan fingerprint density at radius 2 is 1.62 bits per heavy atom. The second-order valence-electron chi connectivity index (χ2n) is 7.09. The molecule has 34 heavy (non-hydrogen) atoms. The number of carbonyl (C=O) groups is 3. The van der Waals surface area contributed by atoms with E-state index < -0.39 is 59.3 Å². The summed E-state index contributed by atoms with van der Waals surface area (Å²) in [6, 6.07) is 13.0. The van der Waals surface area contributed by atoms with Crippen LogP contribution in [-0.4, -0.2) is 40.6 Å². The Morgan fingerprint density at radius 1 is 0.971 bits per heavy atom. The molecule has 2 aromatic carbocycles. The number of nitrogen functional groups attached to an aromatic ring is 1. The van der Waals surface area contributed by atoms with Gasteiger partial charge in [0.15, 0.2) is 6.61 Å². The smallest absolute Gasteiger partial charge is 0.338 e. The third kappa shape index (κ3) is 5.26. The van der Waals surface area contributed by atoms with Crippen molar-refractivity contribution in [1.82, 2.24) is 9.13 Å². The van der Waals surface area contributed by atoms with Crippen LogP contribution in [0.1, 0.15) is 26.3 Å². The third-order valence-corrected chi connectivity index (χ3v) is 4.86. The van der Waals surface area contributed by atoms with E-state index in [9.17, 15) is 28.4 Å². The maximum absolute atomic E-state index is 13.0. The number of benzene rings is 2. The lowest BCUT2D eigenvalue weighted by atomic mass is 10.1. The third-order valence-electron chi connectivity index (χ3n) is 4.86. The lowest BCUT2D eigenvalue weighted by Crippen LogP contribution is -2.46. The molecule has 0 amide bonds. The van der Waals surface area contributed by atoms with Crippen LogP contribution < -0.4 is 17.0 Å². The zero-order chi connectivity index (χ0) is 24.8. The van der Waals surface area contributed by atoms with E-state index in [4.69, 9.17) is 10.5 Å². The molecule has 1 aromatic heterocycles. The van der Waals surface area contributed by atoms with Crippen molar-refractivity contribution in [2.45, 2.75) is 13.1 Å². The van der Waals surface area contributed by atoms with Crippen LogP contribution in [0.15, 0.2) is 64.2 Å². The average molecular weight is 469 g/mol. The monoisotopic (exact) mass is 469 g/mol. The first-order valence-electron chi connectivity index (χ1n) is 9.92. The van der Waals surface area contributed by atoms with Gasteiger partial charge in [0.25, 0.3) is 5.56 Å². The summed E-state index contributed by atoms with van der Waals surface area (Å²) >= 11 is 0. The lowest BCUT2D eigenvalue weighted by molar-refractivity contribution is -0.141. The Labute approximate surface area is 191 Å². The van der Waals surface area contributed by atoms with Gasteiger partial charge in [-0.15, -0.1) is 0 Å². The molecule has 0 saturated carbocycles. The predicted molar refractivity (Wildman–Crippen MR) is 118 cm³/mol. The SMILES string of the molecule is COC(=O)Cn1c(=O)c(C(=O)COC(=O)c2ccc(F)cc2)c(N)n(Cc2ccccc2)c1=O. The normalized spacial score (nSPS) is 10.5. The number of anilines is 1. The first-order valence-corrected chi connectivity index (χ1v) is 9.92. The quantitative estimate of drug-likeness (QED) is 0.381. The fourth-order valence-corrected chi connectivity index (χ4v) is 3.10. The zero-order valence-electron chi connectivity index (χ0n) is 18.0. The van der Waals surface area contributed by atoms with E-state index in [2.05, 4.69) is 4.74 Å². The summed E-state index contributed by atoms with van der Waals surface area (Å²) in [5.74, 6) is -3.82. The van der Waals surface area contributed by atoms with Crippen LogP contribution in [0.2, 0.25) is 0 Å². The topological polar surface area (TPSA) is 140 Å². The number of ether oxygens (including phenoxy) is 2. The Hall–Kier alpha value is -4.54. The van der Waals surface area contributed by atoms with E-state index in [0.29, 0.717) is 10.1 Å². The molecule has 0 unspecified atom stereocenters. The second kappa shape index (κ2) is 10.4. The van der Waals surface area contributed by atoms with Crippen LogP contribution in [0, 0.1) is 5.82 Å². The van der Waals surface area contributed by atoms with E-state index >= 15 is 0 Å². The Bertz CT molecular complexity index is 1350. The molecule has 176 valence electrons. The predicted octanol–water partition coefficient (Wildman–Crippen LogP) is 0.992.